The van der Waals surface area contributed by atoms with Gasteiger partial charge in [-0.2, -0.15) is 0 Å². The maximum absolute atomic E-state index is 11.6. The third-order valence-electron chi connectivity index (χ3n) is 2.13. The molecule has 0 saturated heterocycles. The molecule has 0 aliphatic heterocycles. The van der Waals surface area contributed by atoms with Crippen molar-refractivity contribution in [2.75, 3.05) is 11.9 Å². The van der Waals surface area contributed by atoms with Crippen molar-refractivity contribution >= 4 is 40.6 Å². The third-order valence-corrected chi connectivity index (χ3v) is 2.57. The standard InChI is InChI=1S/C12H15ClN2O2S/c1-12(2,3)9(16)7-17-11(18)15-10-5-4-8(13)6-14-10/h4-6H,7H2,1-3H3,(H,14,15,18). The van der Waals surface area contributed by atoms with Gasteiger partial charge in [-0.1, -0.05) is 32.4 Å². The number of nitrogens with zero attached hydrogens (tertiary/aromatic N) is 1. The molecule has 0 amide bonds. The quantitative estimate of drug-likeness (QED) is 0.866. The number of nitrogens with one attached hydrogen (secondary N) is 1. The number of halogens is 1. The predicted octanol–water partition coefficient (Wildman–Crippen LogP) is 3.06. The van der Waals surface area contributed by atoms with Crippen LogP contribution in [0.5, 0.6) is 0 Å². The number of aromatic nitrogens is 1. The average molecular weight is 287 g/mol. The SMILES string of the molecule is CC(C)(C)C(=O)COC(=S)Nc1ccc(Cl)cn1. The van der Waals surface area contributed by atoms with E-state index in [0.717, 1.165) is 0 Å². The number of anilines is 1. The van der Waals surface area contributed by atoms with Gasteiger partial charge in [0.15, 0.2) is 5.78 Å². The summed E-state index contributed by atoms with van der Waals surface area (Å²) in [5.41, 5.74) is -0.436. The molecule has 0 aliphatic carbocycles. The van der Waals surface area contributed by atoms with Crippen LogP contribution in [-0.4, -0.2) is 22.5 Å². The summed E-state index contributed by atoms with van der Waals surface area (Å²) in [6, 6.07) is 3.35. The Hall–Kier alpha value is -1.20. The minimum Gasteiger partial charge on any atom is -0.463 e. The van der Waals surface area contributed by atoms with Gasteiger partial charge in [-0.3, -0.25) is 4.79 Å². The second-order valence-corrected chi connectivity index (χ2v) is 5.54. The Labute approximate surface area is 117 Å². The molecule has 1 heterocycles. The van der Waals surface area contributed by atoms with Crippen LogP contribution in [-0.2, 0) is 9.53 Å². The smallest absolute Gasteiger partial charge is 0.262 e. The molecule has 0 spiro atoms. The number of carbonyl (C=O) groups excluding carboxylic acids is 1. The Morgan fingerprint density at radius 1 is 1.50 bits per heavy atom. The first-order valence-electron chi connectivity index (χ1n) is 5.37. The zero-order chi connectivity index (χ0) is 13.8. The minimum absolute atomic E-state index is 0.0179. The zero-order valence-corrected chi connectivity index (χ0v) is 12.1. The van der Waals surface area contributed by atoms with Gasteiger partial charge in [0.1, 0.15) is 12.4 Å². The van der Waals surface area contributed by atoms with Crippen molar-refractivity contribution in [1.82, 2.24) is 4.98 Å². The summed E-state index contributed by atoms with van der Waals surface area (Å²) < 4.78 is 5.16. The van der Waals surface area contributed by atoms with Gasteiger partial charge < -0.3 is 10.1 Å². The summed E-state index contributed by atoms with van der Waals surface area (Å²) in [4.78, 5) is 15.6. The second-order valence-electron chi connectivity index (χ2n) is 4.74. The second kappa shape index (κ2) is 6.11. The summed E-state index contributed by atoms with van der Waals surface area (Å²) in [5.74, 6) is 0.503. The highest BCUT2D eigenvalue weighted by molar-refractivity contribution is 7.80. The summed E-state index contributed by atoms with van der Waals surface area (Å²) in [7, 11) is 0. The normalized spacial score (nSPS) is 10.9. The molecule has 98 valence electrons. The highest BCUT2D eigenvalue weighted by Crippen LogP contribution is 2.14. The highest BCUT2D eigenvalue weighted by Gasteiger charge is 2.21. The van der Waals surface area contributed by atoms with Gasteiger partial charge in [0, 0.05) is 11.6 Å². The molecule has 0 unspecified atom stereocenters. The highest BCUT2D eigenvalue weighted by atomic mass is 35.5. The lowest BCUT2D eigenvalue weighted by Gasteiger charge is -2.17. The lowest BCUT2D eigenvalue weighted by Crippen LogP contribution is -2.27. The minimum atomic E-state index is -0.436. The number of ketones is 1. The summed E-state index contributed by atoms with van der Waals surface area (Å²) in [5, 5.41) is 3.41. The first kappa shape index (κ1) is 14.9. The summed E-state index contributed by atoms with van der Waals surface area (Å²) in [6.45, 7) is 5.44. The van der Waals surface area contributed by atoms with E-state index < -0.39 is 5.41 Å². The Bertz CT molecular complexity index is 440. The molecule has 0 aliphatic rings. The molecule has 0 saturated carbocycles. The van der Waals surface area contributed by atoms with Crippen LogP contribution in [0.2, 0.25) is 5.02 Å². The van der Waals surface area contributed by atoms with E-state index in [1.807, 2.05) is 20.8 Å². The average Bonchev–Trinajstić information content (AvgIpc) is 2.28. The number of rotatable bonds is 3. The summed E-state index contributed by atoms with van der Waals surface area (Å²) in [6.07, 6.45) is 1.49. The largest absolute Gasteiger partial charge is 0.463 e. The van der Waals surface area contributed by atoms with Gasteiger partial charge >= 0.3 is 0 Å². The molecule has 0 aromatic carbocycles. The molecule has 0 radical (unpaired) electrons. The van der Waals surface area contributed by atoms with Crippen LogP contribution in [0.1, 0.15) is 20.8 Å². The number of pyridine rings is 1. The molecule has 1 rings (SSSR count). The topological polar surface area (TPSA) is 51.2 Å². The molecule has 18 heavy (non-hydrogen) atoms. The van der Waals surface area contributed by atoms with Crippen LogP contribution >= 0.6 is 23.8 Å². The van der Waals surface area contributed by atoms with Crippen molar-refractivity contribution in [2.45, 2.75) is 20.8 Å². The van der Waals surface area contributed by atoms with Crippen LogP contribution in [0, 0.1) is 5.41 Å². The molecule has 4 nitrogen and oxygen atoms in total. The van der Waals surface area contributed by atoms with Crippen LogP contribution < -0.4 is 5.32 Å². The van der Waals surface area contributed by atoms with Gasteiger partial charge in [-0.15, -0.1) is 0 Å². The first-order chi connectivity index (χ1) is 8.29. The van der Waals surface area contributed by atoms with E-state index in [4.69, 9.17) is 28.6 Å². The number of hydrogen-bond donors (Lipinski definition) is 1. The van der Waals surface area contributed by atoms with E-state index >= 15 is 0 Å². The zero-order valence-electron chi connectivity index (χ0n) is 10.5. The van der Waals surface area contributed by atoms with Crippen molar-refractivity contribution in [3.05, 3.63) is 23.4 Å². The van der Waals surface area contributed by atoms with Crippen molar-refractivity contribution < 1.29 is 9.53 Å². The fraction of sp³-hybridized carbons (Fsp3) is 0.417. The van der Waals surface area contributed by atoms with E-state index in [9.17, 15) is 4.79 Å². The van der Waals surface area contributed by atoms with Crippen LogP contribution in [0.3, 0.4) is 0 Å². The molecule has 1 aromatic heterocycles. The monoisotopic (exact) mass is 286 g/mol. The van der Waals surface area contributed by atoms with E-state index in [1.165, 1.54) is 6.20 Å². The van der Waals surface area contributed by atoms with Crippen LogP contribution in [0.25, 0.3) is 0 Å². The molecular formula is C12H15ClN2O2S. The number of ether oxygens (including phenoxy) is 1. The number of carbonyl (C=O) groups is 1. The van der Waals surface area contributed by atoms with Crippen molar-refractivity contribution in [3.8, 4) is 0 Å². The van der Waals surface area contributed by atoms with E-state index in [0.29, 0.717) is 10.8 Å². The van der Waals surface area contributed by atoms with Crippen LogP contribution in [0.4, 0.5) is 5.82 Å². The number of hydrogen-bond acceptors (Lipinski definition) is 4. The van der Waals surface area contributed by atoms with Gasteiger partial charge in [0.25, 0.3) is 5.17 Å². The lowest BCUT2D eigenvalue weighted by atomic mass is 9.91. The van der Waals surface area contributed by atoms with E-state index in [1.54, 1.807) is 12.1 Å². The fourth-order valence-electron chi connectivity index (χ4n) is 0.938. The molecule has 1 aromatic rings. The molecule has 0 fully saturated rings. The third kappa shape index (κ3) is 4.98. The molecule has 0 bridgehead atoms. The van der Waals surface area contributed by atoms with Crippen molar-refractivity contribution in [3.63, 3.8) is 0 Å². The number of Topliss-reactive ketones (excluding diaryl/α,β-unsaturated/α-hetero) is 1. The van der Waals surface area contributed by atoms with Crippen molar-refractivity contribution in [1.29, 1.82) is 0 Å². The lowest BCUT2D eigenvalue weighted by molar-refractivity contribution is -0.128. The predicted molar refractivity (Wildman–Crippen MR) is 75.9 cm³/mol. The number of thiocarbonyl (C=S) groups is 1. The molecule has 1 N–H and O–H groups in total. The fourth-order valence-corrected chi connectivity index (χ4v) is 1.21. The molecular weight excluding hydrogens is 272 g/mol. The van der Waals surface area contributed by atoms with E-state index in [-0.39, 0.29) is 17.6 Å². The maximum Gasteiger partial charge on any atom is 0.262 e. The Morgan fingerprint density at radius 2 is 2.17 bits per heavy atom. The molecule has 0 atom stereocenters. The Morgan fingerprint density at radius 3 is 2.67 bits per heavy atom. The van der Waals surface area contributed by atoms with Gasteiger partial charge in [0.05, 0.1) is 5.02 Å². The maximum atomic E-state index is 11.6. The van der Waals surface area contributed by atoms with Crippen molar-refractivity contribution in [2.24, 2.45) is 5.41 Å². The van der Waals surface area contributed by atoms with Gasteiger partial charge in [-0.25, -0.2) is 4.98 Å². The Kier molecular flexibility index (Phi) is 5.04. The first-order valence-corrected chi connectivity index (χ1v) is 6.16. The van der Waals surface area contributed by atoms with Crippen LogP contribution in [0.15, 0.2) is 18.3 Å². The molecule has 6 heteroatoms. The summed E-state index contributed by atoms with van der Waals surface area (Å²) >= 11 is 10.7. The van der Waals surface area contributed by atoms with E-state index in [2.05, 4.69) is 10.3 Å². The van der Waals surface area contributed by atoms with Gasteiger partial charge in [0.2, 0.25) is 0 Å². The Balaban J connectivity index is 2.43. The van der Waals surface area contributed by atoms with Gasteiger partial charge in [-0.05, 0) is 24.4 Å².